The van der Waals surface area contributed by atoms with E-state index >= 15 is 0 Å². The fraction of sp³-hybridized carbons (Fsp3) is 0.571. The van der Waals surface area contributed by atoms with Crippen molar-refractivity contribution in [3.8, 4) is 0 Å². The van der Waals surface area contributed by atoms with E-state index in [0.717, 1.165) is 36.8 Å². The highest BCUT2D eigenvalue weighted by atomic mass is 16.3. The van der Waals surface area contributed by atoms with Crippen molar-refractivity contribution in [2.24, 2.45) is 5.92 Å². The number of nitrogen functional groups attached to an aromatic ring is 1. The third-order valence-electron chi connectivity index (χ3n) is 3.63. The molecule has 1 saturated heterocycles. The molecule has 17 heavy (non-hydrogen) atoms. The standard InChI is InChI=1S/C14H22N2O/c1-11-6-8-16(9-7-11)10-14(17)12-2-4-13(15)5-3-12/h2-5,11,14,17H,6-10,15H2,1H3. The van der Waals surface area contributed by atoms with E-state index in [2.05, 4.69) is 11.8 Å². The number of nitrogens with two attached hydrogens (primary N) is 1. The van der Waals surface area contributed by atoms with E-state index in [1.165, 1.54) is 12.8 Å². The van der Waals surface area contributed by atoms with E-state index in [4.69, 9.17) is 5.73 Å². The summed E-state index contributed by atoms with van der Waals surface area (Å²) in [6.45, 7) is 5.24. The Bertz CT molecular complexity index is 342. The summed E-state index contributed by atoms with van der Waals surface area (Å²) in [5.74, 6) is 0.833. The average Bonchev–Trinajstić information content (AvgIpc) is 2.33. The molecule has 94 valence electrons. The minimum Gasteiger partial charge on any atom is -0.399 e. The lowest BCUT2D eigenvalue weighted by molar-refractivity contribution is 0.0916. The van der Waals surface area contributed by atoms with Gasteiger partial charge in [0.2, 0.25) is 0 Å². The number of piperidine rings is 1. The molecule has 0 bridgehead atoms. The molecular weight excluding hydrogens is 212 g/mol. The summed E-state index contributed by atoms with van der Waals surface area (Å²) in [7, 11) is 0. The minimum atomic E-state index is -0.399. The Morgan fingerprint density at radius 2 is 1.88 bits per heavy atom. The number of hydrogen-bond acceptors (Lipinski definition) is 3. The molecule has 3 nitrogen and oxygen atoms in total. The van der Waals surface area contributed by atoms with Crippen LogP contribution in [0.4, 0.5) is 5.69 Å². The third kappa shape index (κ3) is 3.45. The predicted molar refractivity (Wildman–Crippen MR) is 70.7 cm³/mol. The first-order chi connectivity index (χ1) is 8.15. The molecule has 1 aromatic rings. The first-order valence-corrected chi connectivity index (χ1v) is 6.41. The molecular formula is C14H22N2O. The number of nitrogens with zero attached hydrogens (tertiary/aromatic N) is 1. The molecule has 1 heterocycles. The third-order valence-corrected chi connectivity index (χ3v) is 3.63. The fourth-order valence-corrected chi connectivity index (χ4v) is 2.31. The maximum absolute atomic E-state index is 10.1. The van der Waals surface area contributed by atoms with Gasteiger partial charge in [0.15, 0.2) is 0 Å². The molecule has 0 amide bonds. The molecule has 3 N–H and O–H groups in total. The van der Waals surface area contributed by atoms with Crippen LogP contribution in [0.15, 0.2) is 24.3 Å². The quantitative estimate of drug-likeness (QED) is 0.787. The summed E-state index contributed by atoms with van der Waals surface area (Å²) >= 11 is 0. The van der Waals surface area contributed by atoms with Crippen molar-refractivity contribution in [3.63, 3.8) is 0 Å². The Balaban J connectivity index is 1.88. The number of β-amino-alcohol motifs (C(OH)–C–C–N with tert-alkyl or cyclic N) is 1. The van der Waals surface area contributed by atoms with Crippen molar-refractivity contribution in [2.45, 2.75) is 25.9 Å². The second-order valence-electron chi connectivity index (χ2n) is 5.17. The van der Waals surface area contributed by atoms with Gasteiger partial charge in [-0.05, 0) is 49.5 Å². The van der Waals surface area contributed by atoms with Crippen molar-refractivity contribution in [1.82, 2.24) is 4.90 Å². The summed E-state index contributed by atoms with van der Waals surface area (Å²) in [5.41, 5.74) is 7.33. The number of likely N-dealkylation sites (tertiary alicyclic amines) is 1. The lowest BCUT2D eigenvalue weighted by Gasteiger charge is -2.31. The van der Waals surface area contributed by atoms with Crippen molar-refractivity contribution in [3.05, 3.63) is 29.8 Å². The zero-order chi connectivity index (χ0) is 12.3. The summed E-state index contributed by atoms with van der Waals surface area (Å²) in [6.07, 6.45) is 2.09. The summed E-state index contributed by atoms with van der Waals surface area (Å²) in [6, 6.07) is 7.51. The average molecular weight is 234 g/mol. The van der Waals surface area contributed by atoms with Gasteiger partial charge in [-0.2, -0.15) is 0 Å². The molecule has 1 aliphatic heterocycles. The van der Waals surface area contributed by atoms with Crippen LogP contribution in [-0.4, -0.2) is 29.6 Å². The van der Waals surface area contributed by atoms with Crippen molar-refractivity contribution >= 4 is 5.69 Å². The first-order valence-electron chi connectivity index (χ1n) is 6.41. The minimum absolute atomic E-state index is 0.399. The van der Waals surface area contributed by atoms with E-state index in [1.54, 1.807) is 0 Å². The number of hydrogen-bond donors (Lipinski definition) is 2. The van der Waals surface area contributed by atoms with Crippen LogP contribution in [0.3, 0.4) is 0 Å². The highest BCUT2D eigenvalue weighted by Gasteiger charge is 2.18. The highest BCUT2D eigenvalue weighted by Crippen LogP contribution is 2.20. The van der Waals surface area contributed by atoms with Gasteiger partial charge < -0.3 is 15.7 Å². The zero-order valence-corrected chi connectivity index (χ0v) is 10.5. The lowest BCUT2D eigenvalue weighted by Crippen LogP contribution is -2.35. The van der Waals surface area contributed by atoms with Gasteiger partial charge in [0.1, 0.15) is 0 Å². The summed E-state index contributed by atoms with van der Waals surface area (Å²) < 4.78 is 0. The maximum atomic E-state index is 10.1. The lowest BCUT2D eigenvalue weighted by atomic mass is 9.98. The Labute approximate surface area is 103 Å². The largest absolute Gasteiger partial charge is 0.399 e. The maximum Gasteiger partial charge on any atom is 0.0916 e. The number of rotatable bonds is 3. The Hall–Kier alpha value is -1.06. The van der Waals surface area contributed by atoms with Crippen LogP contribution < -0.4 is 5.73 Å². The van der Waals surface area contributed by atoms with Gasteiger partial charge in [-0.15, -0.1) is 0 Å². The van der Waals surface area contributed by atoms with Gasteiger partial charge in [0, 0.05) is 12.2 Å². The number of aliphatic hydroxyl groups excluding tert-OH is 1. The van der Waals surface area contributed by atoms with Gasteiger partial charge in [0.05, 0.1) is 6.10 Å². The van der Waals surface area contributed by atoms with E-state index in [0.29, 0.717) is 0 Å². The van der Waals surface area contributed by atoms with E-state index in [-0.39, 0.29) is 0 Å². The van der Waals surface area contributed by atoms with Crippen LogP contribution in [0, 0.1) is 5.92 Å². The molecule has 0 aliphatic carbocycles. The molecule has 0 saturated carbocycles. The smallest absolute Gasteiger partial charge is 0.0916 e. The van der Waals surface area contributed by atoms with Crippen molar-refractivity contribution in [1.29, 1.82) is 0 Å². The van der Waals surface area contributed by atoms with Gasteiger partial charge in [-0.25, -0.2) is 0 Å². The summed E-state index contributed by atoms with van der Waals surface area (Å²) in [5, 5.41) is 10.1. The molecule has 0 spiro atoms. The summed E-state index contributed by atoms with van der Waals surface area (Å²) in [4.78, 5) is 2.35. The first kappa shape index (κ1) is 12.4. The molecule has 0 aromatic heterocycles. The second kappa shape index (κ2) is 5.52. The van der Waals surface area contributed by atoms with Crippen LogP contribution in [0.25, 0.3) is 0 Å². The van der Waals surface area contributed by atoms with Gasteiger partial charge in [-0.1, -0.05) is 19.1 Å². The normalized spacial score (nSPS) is 20.4. The van der Waals surface area contributed by atoms with Gasteiger partial charge in [0.25, 0.3) is 0 Å². The molecule has 1 aromatic carbocycles. The molecule has 1 aliphatic rings. The van der Waals surface area contributed by atoms with Crippen molar-refractivity contribution in [2.75, 3.05) is 25.4 Å². The number of benzene rings is 1. The predicted octanol–water partition coefficient (Wildman–Crippen LogP) is 2.03. The molecule has 2 rings (SSSR count). The highest BCUT2D eigenvalue weighted by molar-refractivity contribution is 5.39. The fourth-order valence-electron chi connectivity index (χ4n) is 2.31. The topological polar surface area (TPSA) is 49.5 Å². The SMILES string of the molecule is CC1CCN(CC(O)c2ccc(N)cc2)CC1. The van der Waals surface area contributed by atoms with E-state index in [9.17, 15) is 5.11 Å². The van der Waals surface area contributed by atoms with Crippen LogP contribution in [0.5, 0.6) is 0 Å². The van der Waals surface area contributed by atoms with E-state index < -0.39 is 6.10 Å². The van der Waals surface area contributed by atoms with E-state index in [1.807, 2.05) is 24.3 Å². The molecule has 0 radical (unpaired) electrons. The van der Waals surface area contributed by atoms with Crippen molar-refractivity contribution < 1.29 is 5.11 Å². The number of anilines is 1. The molecule has 3 heteroatoms. The molecule has 1 atom stereocenters. The second-order valence-corrected chi connectivity index (χ2v) is 5.17. The number of aliphatic hydroxyl groups is 1. The Kier molecular flexibility index (Phi) is 4.02. The van der Waals surface area contributed by atoms with Gasteiger partial charge >= 0.3 is 0 Å². The monoisotopic (exact) mass is 234 g/mol. The van der Waals surface area contributed by atoms with Crippen LogP contribution in [0.2, 0.25) is 0 Å². The van der Waals surface area contributed by atoms with Gasteiger partial charge in [-0.3, -0.25) is 0 Å². The zero-order valence-electron chi connectivity index (χ0n) is 10.5. The molecule has 1 fully saturated rings. The Morgan fingerprint density at radius 1 is 1.29 bits per heavy atom. The Morgan fingerprint density at radius 3 is 2.47 bits per heavy atom. The van der Waals surface area contributed by atoms with Crippen LogP contribution in [0.1, 0.15) is 31.4 Å². The van der Waals surface area contributed by atoms with Crippen LogP contribution >= 0.6 is 0 Å². The van der Waals surface area contributed by atoms with Crippen LogP contribution in [-0.2, 0) is 0 Å². The molecule has 1 unspecified atom stereocenters.